The molecule has 7 heteroatoms. The Kier molecular flexibility index (Phi) is 6.16. The number of methoxy groups -OCH3 is 1. The van der Waals surface area contributed by atoms with Crippen molar-refractivity contribution in [3.05, 3.63) is 39.7 Å². The minimum Gasteiger partial charge on any atom is -0.481 e. The molecule has 7 nitrogen and oxygen atoms in total. The van der Waals surface area contributed by atoms with Crippen molar-refractivity contribution < 1.29 is 28.2 Å². The van der Waals surface area contributed by atoms with E-state index in [9.17, 15) is 14.4 Å². The van der Waals surface area contributed by atoms with Gasteiger partial charge in [-0.25, -0.2) is 9.59 Å². The van der Waals surface area contributed by atoms with Gasteiger partial charge >= 0.3 is 17.6 Å². The molecule has 2 rings (SSSR count). The summed E-state index contributed by atoms with van der Waals surface area (Å²) in [6, 6.07) is 4.74. The Morgan fingerprint density at radius 2 is 1.92 bits per heavy atom. The molecule has 0 fully saturated rings. The minimum absolute atomic E-state index is 0.170. The van der Waals surface area contributed by atoms with Gasteiger partial charge < -0.3 is 18.6 Å². The molecule has 0 radical (unpaired) electrons. The molecule has 2 aromatic rings. The molecule has 0 N–H and O–H groups in total. The first-order valence-corrected chi connectivity index (χ1v) is 7.87. The normalized spacial score (nSPS) is 10.5. The molecule has 0 aliphatic carbocycles. The zero-order valence-electron chi connectivity index (χ0n) is 14.4. The van der Waals surface area contributed by atoms with Gasteiger partial charge in [-0.05, 0) is 37.5 Å². The fraction of sp³-hybridized carbons (Fsp3) is 0.389. The van der Waals surface area contributed by atoms with E-state index in [0.29, 0.717) is 29.9 Å². The molecule has 134 valence electrons. The third-order valence-electron chi connectivity index (χ3n) is 3.61. The highest BCUT2D eigenvalue weighted by atomic mass is 16.6. The van der Waals surface area contributed by atoms with Gasteiger partial charge in [0.25, 0.3) is 0 Å². The predicted molar refractivity (Wildman–Crippen MR) is 89.7 cm³/mol. The standard InChI is InChI=1S/C18H20O7/c1-4-23-16(19)6-5-12-8-13-11(2)7-17(20)25-15(13)9-14(12)24-10-18(21)22-3/h7-9H,4-6,10H2,1-3H3. The molecule has 0 spiro atoms. The number of aryl methyl sites for hydroxylation is 2. The van der Waals surface area contributed by atoms with Gasteiger partial charge in [0.1, 0.15) is 11.3 Å². The Morgan fingerprint density at radius 3 is 2.60 bits per heavy atom. The van der Waals surface area contributed by atoms with Crippen LogP contribution in [-0.4, -0.2) is 32.3 Å². The van der Waals surface area contributed by atoms with Crippen LogP contribution in [0.3, 0.4) is 0 Å². The SMILES string of the molecule is CCOC(=O)CCc1cc2c(C)cc(=O)oc2cc1OCC(=O)OC. The number of ether oxygens (including phenoxy) is 3. The number of hydrogen-bond acceptors (Lipinski definition) is 7. The number of rotatable bonds is 7. The summed E-state index contributed by atoms with van der Waals surface area (Å²) in [7, 11) is 1.26. The summed E-state index contributed by atoms with van der Waals surface area (Å²) in [6.07, 6.45) is 0.535. The second kappa shape index (κ2) is 8.32. The molecule has 0 unspecified atom stereocenters. The number of carbonyl (C=O) groups excluding carboxylic acids is 2. The lowest BCUT2D eigenvalue weighted by Crippen LogP contribution is -2.14. The van der Waals surface area contributed by atoms with Crippen LogP contribution in [0.25, 0.3) is 11.0 Å². The van der Waals surface area contributed by atoms with Gasteiger partial charge in [-0.1, -0.05) is 0 Å². The molecule has 1 aromatic carbocycles. The maximum atomic E-state index is 11.6. The van der Waals surface area contributed by atoms with E-state index in [2.05, 4.69) is 4.74 Å². The Labute approximate surface area is 144 Å². The molecule has 0 saturated heterocycles. The minimum atomic E-state index is -0.540. The number of benzene rings is 1. The van der Waals surface area contributed by atoms with E-state index in [1.54, 1.807) is 26.0 Å². The lowest BCUT2D eigenvalue weighted by molar-refractivity contribution is -0.144. The second-order valence-electron chi connectivity index (χ2n) is 5.37. The average molecular weight is 348 g/mol. The van der Waals surface area contributed by atoms with Crippen LogP contribution in [0.15, 0.2) is 27.4 Å². The van der Waals surface area contributed by atoms with Crippen molar-refractivity contribution in [2.45, 2.75) is 26.7 Å². The number of fused-ring (bicyclic) bond motifs is 1. The first-order valence-electron chi connectivity index (χ1n) is 7.87. The first-order chi connectivity index (χ1) is 11.9. The maximum Gasteiger partial charge on any atom is 0.343 e. The smallest absolute Gasteiger partial charge is 0.343 e. The van der Waals surface area contributed by atoms with Gasteiger partial charge in [-0.3, -0.25) is 4.79 Å². The molecule has 0 bridgehead atoms. The van der Waals surface area contributed by atoms with E-state index in [1.807, 2.05) is 0 Å². The highest BCUT2D eigenvalue weighted by Crippen LogP contribution is 2.28. The zero-order valence-corrected chi connectivity index (χ0v) is 14.4. The van der Waals surface area contributed by atoms with E-state index in [1.165, 1.54) is 13.2 Å². The first kappa shape index (κ1) is 18.5. The molecular formula is C18H20O7. The van der Waals surface area contributed by atoms with Crippen LogP contribution in [-0.2, 0) is 25.5 Å². The van der Waals surface area contributed by atoms with Crippen molar-refractivity contribution in [3.63, 3.8) is 0 Å². The van der Waals surface area contributed by atoms with Crippen LogP contribution in [0.4, 0.5) is 0 Å². The molecule has 0 saturated carbocycles. The molecular weight excluding hydrogens is 328 g/mol. The van der Waals surface area contributed by atoms with E-state index in [-0.39, 0.29) is 19.0 Å². The molecule has 1 heterocycles. The summed E-state index contributed by atoms with van der Waals surface area (Å²) >= 11 is 0. The Morgan fingerprint density at radius 1 is 1.16 bits per heavy atom. The quantitative estimate of drug-likeness (QED) is 0.559. The largest absolute Gasteiger partial charge is 0.481 e. The second-order valence-corrected chi connectivity index (χ2v) is 5.37. The molecule has 1 aromatic heterocycles. The molecule has 0 aliphatic rings. The van der Waals surface area contributed by atoms with Gasteiger partial charge in [0.05, 0.1) is 13.7 Å². The van der Waals surface area contributed by atoms with Gasteiger partial charge in [-0.15, -0.1) is 0 Å². The third kappa shape index (κ3) is 4.82. The van der Waals surface area contributed by atoms with E-state index in [4.69, 9.17) is 13.9 Å². The van der Waals surface area contributed by atoms with Gasteiger partial charge in [-0.2, -0.15) is 0 Å². The number of esters is 2. The predicted octanol–water partition coefficient (Wildman–Crippen LogP) is 2.15. The monoisotopic (exact) mass is 348 g/mol. The zero-order chi connectivity index (χ0) is 18.4. The lowest BCUT2D eigenvalue weighted by atomic mass is 10.0. The van der Waals surface area contributed by atoms with Crippen LogP contribution < -0.4 is 10.4 Å². The Balaban J connectivity index is 2.38. The lowest BCUT2D eigenvalue weighted by Gasteiger charge is -2.12. The third-order valence-corrected chi connectivity index (χ3v) is 3.61. The van der Waals surface area contributed by atoms with Crippen LogP contribution in [0, 0.1) is 6.92 Å². The maximum absolute atomic E-state index is 11.6. The van der Waals surface area contributed by atoms with E-state index in [0.717, 1.165) is 10.9 Å². The van der Waals surface area contributed by atoms with Gasteiger partial charge in [0, 0.05) is 23.9 Å². The number of hydrogen-bond donors (Lipinski definition) is 0. The van der Waals surface area contributed by atoms with Crippen molar-refractivity contribution in [2.75, 3.05) is 20.3 Å². The highest BCUT2D eigenvalue weighted by Gasteiger charge is 2.14. The fourth-order valence-electron chi connectivity index (χ4n) is 2.39. The number of carbonyl (C=O) groups is 2. The van der Waals surface area contributed by atoms with E-state index < -0.39 is 11.6 Å². The van der Waals surface area contributed by atoms with Gasteiger partial charge in [0.15, 0.2) is 6.61 Å². The summed E-state index contributed by atoms with van der Waals surface area (Å²) in [6.45, 7) is 3.56. The van der Waals surface area contributed by atoms with Crippen LogP contribution in [0.5, 0.6) is 5.75 Å². The van der Waals surface area contributed by atoms with E-state index >= 15 is 0 Å². The van der Waals surface area contributed by atoms with Gasteiger partial charge in [0.2, 0.25) is 0 Å². The molecule has 0 atom stereocenters. The van der Waals surface area contributed by atoms with Crippen molar-refractivity contribution in [3.8, 4) is 5.75 Å². The summed E-state index contributed by atoms with van der Waals surface area (Å²) in [5, 5.41) is 0.740. The van der Waals surface area contributed by atoms with Crippen LogP contribution in [0.2, 0.25) is 0 Å². The Bertz CT molecular complexity index is 835. The Hall–Kier alpha value is -2.83. The average Bonchev–Trinajstić information content (AvgIpc) is 2.57. The fourth-order valence-corrected chi connectivity index (χ4v) is 2.39. The summed E-state index contributed by atoms with van der Waals surface area (Å²) in [5.41, 5.74) is 1.34. The van der Waals surface area contributed by atoms with Crippen molar-refractivity contribution in [1.29, 1.82) is 0 Å². The highest BCUT2D eigenvalue weighted by molar-refractivity contribution is 5.83. The molecule has 25 heavy (non-hydrogen) atoms. The van der Waals surface area contributed by atoms with Crippen molar-refractivity contribution in [2.24, 2.45) is 0 Å². The molecule has 0 amide bonds. The van der Waals surface area contributed by atoms with Crippen LogP contribution in [0.1, 0.15) is 24.5 Å². The summed E-state index contributed by atoms with van der Waals surface area (Å²) in [4.78, 5) is 34.5. The summed E-state index contributed by atoms with van der Waals surface area (Å²) < 4.78 is 20.2. The topological polar surface area (TPSA) is 92.0 Å². The van der Waals surface area contributed by atoms with Crippen LogP contribution >= 0.6 is 0 Å². The van der Waals surface area contributed by atoms with Crippen molar-refractivity contribution >= 4 is 22.9 Å². The summed E-state index contributed by atoms with van der Waals surface area (Å²) in [5.74, 6) is -0.504. The molecule has 0 aliphatic heterocycles. The van der Waals surface area contributed by atoms with Crippen molar-refractivity contribution in [1.82, 2.24) is 0 Å².